The average Bonchev–Trinajstić information content (AvgIpc) is 2.90. The van der Waals surface area contributed by atoms with Crippen LogP contribution in [0.1, 0.15) is 46.0 Å². The Morgan fingerprint density at radius 1 is 1.26 bits per heavy atom. The number of unbranched alkanes of at least 4 members (excludes halogenated alkanes) is 1. The van der Waals surface area contributed by atoms with Gasteiger partial charge in [0.25, 0.3) is 0 Å². The van der Waals surface area contributed by atoms with Gasteiger partial charge in [-0.3, -0.25) is 4.99 Å². The quantitative estimate of drug-likeness (QED) is 0.419. The average molecular weight is 266 g/mol. The van der Waals surface area contributed by atoms with Crippen LogP contribution in [0.4, 0.5) is 0 Å². The second kappa shape index (κ2) is 7.73. The van der Waals surface area contributed by atoms with Crippen LogP contribution >= 0.6 is 0 Å². The van der Waals surface area contributed by atoms with E-state index >= 15 is 0 Å². The predicted octanol–water partition coefficient (Wildman–Crippen LogP) is 1.83. The standard InChI is InChI=1S/C15H30N4/c1-3-16-15(18-14-12-13(14)2)17-8-4-5-9-19-10-6-7-11-19/h13-14H,3-12H2,1-2H3,(H2,16,17,18). The van der Waals surface area contributed by atoms with Crippen molar-refractivity contribution in [3.8, 4) is 0 Å². The van der Waals surface area contributed by atoms with E-state index in [0.717, 1.165) is 25.0 Å². The SMILES string of the molecule is CCNC(=NCCCCN1CCCC1)NC1CC1C. The zero-order valence-corrected chi connectivity index (χ0v) is 12.6. The molecule has 2 aliphatic rings. The first-order valence-corrected chi connectivity index (χ1v) is 8.07. The van der Waals surface area contributed by atoms with Crippen molar-refractivity contribution < 1.29 is 0 Å². The van der Waals surface area contributed by atoms with E-state index in [1.807, 2.05) is 0 Å². The molecule has 110 valence electrons. The number of likely N-dealkylation sites (tertiary alicyclic amines) is 1. The van der Waals surface area contributed by atoms with Crippen molar-refractivity contribution in [3.63, 3.8) is 0 Å². The number of nitrogens with zero attached hydrogens (tertiary/aromatic N) is 2. The highest BCUT2D eigenvalue weighted by atomic mass is 15.2. The third kappa shape index (κ3) is 5.39. The zero-order chi connectivity index (χ0) is 13.5. The maximum absolute atomic E-state index is 4.67. The maximum atomic E-state index is 4.67. The van der Waals surface area contributed by atoms with Crippen molar-refractivity contribution in [2.24, 2.45) is 10.9 Å². The third-order valence-electron chi connectivity index (χ3n) is 4.13. The van der Waals surface area contributed by atoms with Crippen molar-refractivity contribution in [2.45, 2.75) is 52.0 Å². The van der Waals surface area contributed by atoms with Gasteiger partial charge in [0.2, 0.25) is 0 Å². The molecular formula is C15H30N4. The lowest BCUT2D eigenvalue weighted by Gasteiger charge is -2.14. The number of hydrogen-bond donors (Lipinski definition) is 2. The lowest BCUT2D eigenvalue weighted by Crippen LogP contribution is -2.39. The molecule has 0 amide bonds. The van der Waals surface area contributed by atoms with E-state index in [4.69, 9.17) is 0 Å². The molecule has 4 nitrogen and oxygen atoms in total. The van der Waals surface area contributed by atoms with E-state index < -0.39 is 0 Å². The topological polar surface area (TPSA) is 39.7 Å². The van der Waals surface area contributed by atoms with Crippen LogP contribution in [0, 0.1) is 5.92 Å². The normalized spacial score (nSPS) is 27.6. The van der Waals surface area contributed by atoms with Gasteiger partial charge in [0.1, 0.15) is 0 Å². The first kappa shape index (κ1) is 14.6. The molecule has 0 aromatic carbocycles. The molecule has 0 bridgehead atoms. The highest BCUT2D eigenvalue weighted by molar-refractivity contribution is 5.80. The lowest BCUT2D eigenvalue weighted by molar-refractivity contribution is 0.331. The van der Waals surface area contributed by atoms with Crippen LogP contribution in [0.5, 0.6) is 0 Å². The Hall–Kier alpha value is -0.770. The molecule has 1 heterocycles. The summed E-state index contributed by atoms with van der Waals surface area (Å²) in [6.45, 7) is 10.2. The summed E-state index contributed by atoms with van der Waals surface area (Å²) in [4.78, 5) is 7.25. The molecule has 2 N–H and O–H groups in total. The van der Waals surface area contributed by atoms with Gasteiger partial charge in [-0.2, -0.15) is 0 Å². The molecule has 0 radical (unpaired) electrons. The number of guanidine groups is 1. The van der Waals surface area contributed by atoms with Gasteiger partial charge >= 0.3 is 0 Å². The minimum Gasteiger partial charge on any atom is -0.357 e. The van der Waals surface area contributed by atoms with E-state index in [-0.39, 0.29) is 0 Å². The molecule has 0 spiro atoms. The van der Waals surface area contributed by atoms with E-state index in [2.05, 4.69) is 34.4 Å². The second-order valence-electron chi connectivity index (χ2n) is 5.98. The summed E-state index contributed by atoms with van der Waals surface area (Å²) in [5.41, 5.74) is 0. The predicted molar refractivity (Wildman–Crippen MR) is 81.6 cm³/mol. The van der Waals surface area contributed by atoms with Crippen LogP contribution in [0.3, 0.4) is 0 Å². The Morgan fingerprint density at radius 2 is 2.00 bits per heavy atom. The monoisotopic (exact) mass is 266 g/mol. The Morgan fingerprint density at radius 3 is 2.63 bits per heavy atom. The largest absolute Gasteiger partial charge is 0.357 e. The molecule has 0 aromatic rings. The minimum absolute atomic E-state index is 0.655. The van der Waals surface area contributed by atoms with Gasteiger partial charge in [-0.1, -0.05) is 6.92 Å². The Labute approximate surface area is 118 Å². The molecule has 4 heteroatoms. The van der Waals surface area contributed by atoms with Gasteiger partial charge in [-0.05, 0) is 64.6 Å². The highest BCUT2D eigenvalue weighted by Crippen LogP contribution is 2.28. The maximum Gasteiger partial charge on any atom is 0.191 e. The Kier molecular flexibility index (Phi) is 5.95. The molecule has 2 unspecified atom stereocenters. The fraction of sp³-hybridized carbons (Fsp3) is 0.933. The van der Waals surface area contributed by atoms with Crippen LogP contribution in [-0.2, 0) is 0 Å². The summed E-state index contributed by atoms with van der Waals surface area (Å²) in [7, 11) is 0. The van der Waals surface area contributed by atoms with Gasteiger partial charge in [0, 0.05) is 19.1 Å². The molecule has 2 fully saturated rings. The van der Waals surface area contributed by atoms with Crippen LogP contribution < -0.4 is 10.6 Å². The first-order chi connectivity index (χ1) is 9.29. The van der Waals surface area contributed by atoms with Crippen molar-refractivity contribution in [3.05, 3.63) is 0 Å². The minimum atomic E-state index is 0.655. The fourth-order valence-corrected chi connectivity index (χ4v) is 2.66. The number of rotatable bonds is 7. The second-order valence-corrected chi connectivity index (χ2v) is 5.98. The van der Waals surface area contributed by atoms with Gasteiger partial charge in [0.15, 0.2) is 5.96 Å². The van der Waals surface area contributed by atoms with E-state index in [1.165, 1.54) is 51.7 Å². The number of nitrogens with one attached hydrogen (secondary N) is 2. The van der Waals surface area contributed by atoms with Crippen molar-refractivity contribution >= 4 is 5.96 Å². The molecule has 0 aromatic heterocycles. The summed E-state index contributed by atoms with van der Waals surface area (Å²) < 4.78 is 0. The van der Waals surface area contributed by atoms with Crippen LogP contribution in [0.15, 0.2) is 4.99 Å². The van der Waals surface area contributed by atoms with Gasteiger partial charge in [-0.25, -0.2) is 0 Å². The highest BCUT2D eigenvalue weighted by Gasteiger charge is 2.33. The smallest absolute Gasteiger partial charge is 0.191 e. The van der Waals surface area contributed by atoms with E-state index in [1.54, 1.807) is 0 Å². The van der Waals surface area contributed by atoms with Crippen molar-refractivity contribution in [1.29, 1.82) is 0 Å². The van der Waals surface area contributed by atoms with Crippen molar-refractivity contribution in [2.75, 3.05) is 32.7 Å². The molecular weight excluding hydrogens is 236 g/mol. The summed E-state index contributed by atoms with van der Waals surface area (Å²) in [6.07, 6.45) is 6.56. The van der Waals surface area contributed by atoms with Gasteiger partial charge < -0.3 is 15.5 Å². The molecule has 1 aliphatic carbocycles. The Balaban J connectivity index is 1.57. The Bertz CT molecular complexity index is 284. The van der Waals surface area contributed by atoms with Gasteiger partial charge in [0.05, 0.1) is 0 Å². The summed E-state index contributed by atoms with van der Waals surface area (Å²) >= 11 is 0. The van der Waals surface area contributed by atoms with E-state index in [0.29, 0.717) is 6.04 Å². The number of hydrogen-bond acceptors (Lipinski definition) is 2. The van der Waals surface area contributed by atoms with Crippen LogP contribution in [0.2, 0.25) is 0 Å². The molecule has 1 aliphatic heterocycles. The molecule has 2 atom stereocenters. The van der Waals surface area contributed by atoms with Gasteiger partial charge in [-0.15, -0.1) is 0 Å². The summed E-state index contributed by atoms with van der Waals surface area (Å²) in [5.74, 6) is 1.83. The fourth-order valence-electron chi connectivity index (χ4n) is 2.66. The third-order valence-corrected chi connectivity index (χ3v) is 4.13. The molecule has 1 saturated carbocycles. The molecule has 2 rings (SSSR count). The summed E-state index contributed by atoms with van der Waals surface area (Å²) in [5, 5.41) is 6.84. The summed E-state index contributed by atoms with van der Waals surface area (Å²) in [6, 6.07) is 0.655. The number of aliphatic imine (C=N–C) groups is 1. The first-order valence-electron chi connectivity index (χ1n) is 8.07. The van der Waals surface area contributed by atoms with Crippen LogP contribution in [-0.4, -0.2) is 49.6 Å². The van der Waals surface area contributed by atoms with Crippen LogP contribution in [0.25, 0.3) is 0 Å². The van der Waals surface area contributed by atoms with Crippen molar-refractivity contribution in [1.82, 2.24) is 15.5 Å². The zero-order valence-electron chi connectivity index (χ0n) is 12.6. The molecule has 1 saturated heterocycles. The lowest BCUT2D eigenvalue weighted by atomic mass is 10.3. The van der Waals surface area contributed by atoms with E-state index in [9.17, 15) is 0 Å². The molecule has 19 heavy (non-hydrogen) atoms.